The summed E-state index contributed by atoms with van der Waals surface area (Å²) < 4.78 is 0. The smallest absolute Gasteiger partial charge is 0.116 e. The molecule has 0 bridgehead atoms. The Labute approximate surface area is 156 Å². The van der Waals surface area contributed by atoms with E-state index in [2.05, 4.69) is 86.9 Å². The second-order valence-corrected chi connectivity index (χ2v) is 8.37. The molecular formula is C22H28N4. The third-order valence-corrected chi connectivity index (χ3v) is 6.22. The molecule has 0 saturated heterocycles. The topological polar surface area (TPSA) is 32.3 Å². The maximum atomic E-state index is 4.75. The average Bonchev–Trinajstić information content (AvgIpc) is 2.97. The molecule has 2 atom stereocenters. The summed E-state index contributed by atoms with van der Waals surface area (Å²) in [6.45, 7) is 15.5. The SMILES string of the molecule is Cc1ccc(N2C=CN3c4c(cc(C)nc4C)C(C)C(C)(C)C23)c(C)n1. The molecule has 4 heterocycles. The number of pyridine rings is 2. The normalized spacial score (nSPS) is 23.2. The summed E-state index contributed by atoms with van der Waals surface area (Å²) in [4.78, 5) is 14.2. The number of nitrogens with zero attached hydrogens (tertiary/aromatic N) is 4. The summed E-state index contributed by atoms with van der Waals surface area (Å²) in [5, 5.41) is 0. The fraction of sp³-hybridized carbons (Fsp3) is 0.455. The molecule has 2 aromatic rings. The Balaban J connectivity index is 1.88. The molecule has 26 heavy (non-hydrogen) atoms. The molecule has 0 aromatic carbocycles. The number of aryl methyl sites for hydroxylation is 4. The highest BCUT2D eigenvalue weighted by Gasteiger charge is 2.50. The van der Waals surface area contributed by atoms with Crippen LogP contribution in [0.3, 0.4) is 0 Å². The monoisotopic (exact) mass is 348 g/mol. The fourth-order valence-corrected chi connectivity index (χ4v) is 4.66. The molecule has 0 amide bonds. The minimum atomic E-state index is 0.0636. The third-order valence-electron chi connectivity index (χ3n) is 6.22. The van der Waals surface area contributed by atoms with Gasteiger partial charge in [0.25, 0.3) is 0 Å². The van der Waals surface area contributed by atoms with E-state index >= 15 is 0 Å². The second-order valence-electron chi connectivity index (χ2n) is 8.37. The molecule has 4 rings (SSSR count). The van der Waals surface area contributed by atoms with Gasteiger partial charge in [-0.15, -0.1) is 0 Å². The van der Waals surface area contributed by atoms with E-state index in [1.165, 1.54) is 16.9 Å². The van der Waals surface area contributed by atoms with Gasteiger partial charge in [0, 0.05) is 29.2 Å². The van der Waals surface area contributed by atoms with Crippen LogP contribution in [0.15, 0.2) is 30.6 Å². The zero-order chi connectivity index (χ0) is 18.8. The van der Waals surface area contributed by atoms with E-state index in [0.29, 0.717) is 5.92 Å². The van der Waals surface area contributed by atoms with Crippen LogP contribution in [0, 0.1) is 33.1 Å². The molecule has 0 aliphatic carbocycles. The summed E-state index contributed by atoms with van der Waals surface area (Å²) in [5.41, 5.74) is 8.26. The Morgan fingerprint density at radius 3 is 2.23 bits per heavy atom. The van der Waals surface area contributed by atoms with E-state index in [0.717, 1.165) is 22.8 Å². The molecule has 4 nitrogen and oxygen atoms in total. The van der Waals surface area contributed by atoms with Crippen molar-refractivity contribution in [2.45, 2.75) is 60.5 Å². The van der Waals surface area contributed by atoms with Gasteiger partial charge in [-0.25, -0.2) is 0 Å². The summed E-state index contributed by atoms with van der Waals surface area (Å²) >= 11 is 0. The number of hydrogen-bond donors (Lipinski definition) is 0. The van der Waals surface area contributed by atoms with Crippen molar-refractivity contribution in [3.63, 3.8) is 0 Å². The molecule has 0 N–H and O–H groups in total. The molecule has 4 heteroatoms. The molecular weight excluding hydrogens is 320 g/mol. The van der Waals surface area contributed by atoms with Crippen molar-refractivity contribution < 1.29 is 0 Å². The van der Waals surface area contributed by atoms with Crippen LogP contribution in [0.25, 0.3) is 0 Å². The van der Waals surface area contributed by atoms with Gasteiger partial charge in [-0.05, 0) is 57.4 Å². The Kier molecular flexibility index (Phi) is 3.66. The van der Waals surface area contributed by atoms with Gasteiger partial charge in [-0.2, -0.15) is 0 Å². The van der Waals surface area contributed by atoms with Crippen LogP contribution in [-0.4, -0.2) is 16.1 Å². The Morgan fingerprint density at radius 1 is 0.885 bits per heavy atom. The highest BCUT2D eigenvalue weighted by molar-refractivity contribution is 5.70. The molecule has 0 spiro atoms. The fourth-order valence-electron chi connectivity index (χ4n) is 4.66. The Morgan fingerprint density at radius 2 is 1.54 bits per heavy atom. The van der Waals surface area contributed by atoms with E-state index in [1.807, 2.05) is 6.92 Å². The predicted octanol–water partition coefficient (Wildman–Crippen LogP) is 4.98. The standard InChI is InChI=1S/C22H28N4/c1-13-8-9-19(16(4)23-13)25-10-11-26-20-17(5)24-14(2)12-18(20)15(3)22(6,7)21(25)26/h8-12,15,21H,1-7H3. The first-order valence-electron chi connectivity index (χ1n) is 9.39. The highest BCUT2D eigenvalue weighted by Crippen LogP contribution is 2.53. The van der Waals surface area contributed by atoms with E-state index in [-0.39, 0.29) is 11.6 Å². The predicted molar refractivity (Wildman–Crippen MR) is 108 cm³/mol. The largest absolute Gasteiger partial charge is 0.323 e. The van der Waals surface area contributed by atoms with Crippen LogP contribution >= 0.6 is 0 Å². The zero-order valence-corrected chi connectivity index (χ0v) is 16.8. The summed E-state index contributed by atoms with van der Waals surface area (Å²) in [6.07, 6.45) is 4.63. The first-order chi connectivity index (χ1) is 12.2. The van der Waals surface area contributed by atoms with Crippen LogP contribution in [0.2, 0.25) is 0 Å². The molecule has 2 unspecified atom stereocenters. The second kappa shape index (κ2) is 5.57. The van der Waals surface area contributed by atoms with Gasteiger partial charge in [0.05, 0.1) is 22.8 Å². The highest BCUT2D eigenvalue weighted by atomic mass is 15.4. The maximum Gasteiger partial charge on any atom is 0.116 e. The maximum absolute atomic E-state index is 4.75. The number of hydrogen-bond acceptors (Lipinski definition) is 4. The van der Waals surface area contributed by atoms with Crippen LogP contribution in [-0.2, 0) is 0 Å². The van der Waals surface area contributed by atoms with Crippen LogP contribution in [0.1, 0.15) is 55.0 Å². The summed E-state index contributed by atoms with van der Waals surface area (Å²) in [6, 6.07) is 6.56. The lowest BCUT2D eigenvalue weighted by atomic mass is 9.69. The van der Waals surface area contributed by atoms with E-state index < -0.39 is 0 Å². The van der Waals surface area contributed by atoms with E-state index in [1.54, 1.807) is 0 Å². The zero-order valence-electron chi connectivity index (χ0n) is 16.8. The van der Waals surface area contributed by atoms with Crippen molar-refractivity contribution in [2.24, 2.45) is 5.41 Å². The van der Waals surface area contributed by atoms with Crippen molar-refractivity contribution in [1.29, 1.82) is 0 Å². The van der Waals surface area contributed by atoms with Crippen LogP contribution in [0.5, 0.6) is 0 Å². The van der Waals surface area contributed by atoms with Crippen molar-refractivity contribution in [3.8, 4) is 0 Å². The molecule has 0 radical (unpaired) electrons. The Hall–Kier alpha value is -2.36. The lowest BCUT2D eigenvalue weighted by Gasteiger charge is -2.51. The number of aromatic nitrogens is 2. The number of anilines is 2. The lowest BCUT2D eigenvalue weighted by molar-refractivity contribution is 0.227. The van der Waals surface area contributed by atoms with Gasteiger partial charge in [0.2, 0.25) is 0 Å². The van der Waals surface area contributed by atoms with Crippen LogP contribution < -0.4 is 9.80 Å². The van der Waals surface area contributed by atoms with Gasteiger partial charge in [0.15, 0.2) is 0 Å². The molecule has 136 valence electrons. The third kappa shape index (κ3) is 2.28. The van der Waals surface area contributed by atoms with E-state index in [9.17, 15) is 0 Å². The van der Waals surface area contributed by atoms with Crippen molar-refractivity contribution in [3.05, 3.63) is 58.9 Å². The average molecular weight is 348 g/mol. The molecule has 2 aromatic heterocycles. The summed E-state index contributed by atoms with van der Waals surface area (Å²) in [7, 11) is 0. The van der Waals surface area contributed by atoms with Gasteiger partial charge in [-0.3, -0.25) is 9.97 Å². The molecule has 2 aliphatic heterocycles. The molecule has 0 fully saturated rings. The lowest BCUT2D eigenvalue weighted by Crippen LogP contribution is -2.55. The summed E-state index contributed by atoms with van der Waals surface area (Å²) in [5.74, 6) is 0.431. The Bertz CT molecular complexity index is 913. The quantitative estimate of drug-likeness (QED) is 0.728. The first-order valence-corrected chi connectivity index (χ1v) is 9.39. The number of rotatable bonds is 1. The van der Waals surface area contributed by atoms with E-state index in [4.69, 9.17) is 4.98 Å². The van der Waals surface area contributed by atoms with Crippen molar-refractivity contribution in [1.82, 2.24) is 9.97 Å². The molecule has 0 saturated carbocycles. The minimum Gasteiger partial charge on any atom is -0.323 e. The van der Waals surface area contributed by atoms with Gasteiger partial charge < -0.3 is 9.80 Å². The van der Waals surface area contributed by atoms with Crippen molar-refractivity contribution >= 4 is 11.4 Å². The first kappa shape index (κ1) is 17.1. The minimum absolute atomic E-state index is 0.0636. The van der Waals surface area contributed by atoms with Crippen LogP contribution in [0.4, 0.5) is 11.4 Å². The van der Waals surface area contributed by atoms with Gasteiger partial charge in [-0.1, -0.05) is 20.8 Å². The van der Waals surface area contributed by atoms with Crippen molar-refractivity contribution in [2.75, 3.05) is 9.80 Å². The molecule has 2 aliphatic rings. The van der Waals surface area contributed by atoms with Gasteiger partial charge in [0.1, 0.15) is 6.17 Å². The van der Waals surface area contributed by atoms with Gasteiger partial charge >= 0.3 is 0 Å². The number of fused-ring (bicyclic) bond motifs is 3.